The molecule has 0 saturated carbocycles. The molecule has 0 saturated heterocycles. The molecule has 0 fully saturated rings. The lowest BCUT2D eigenvalue weighted by molar-refractivity contribution is -0.121. The largest absolute Gasteiger partial charge is 0.369 e. The lowest BCUT2D eigenvalue weighted by Crippen LogP contribution is -2.24. The van der Waals surface area contributed by atoms with E-state index in [1.807, 2.05) is 29.0 Å². The van der Waals surface area contributed by atoms with Gasteiger partial charge in [0.15, 0.2) is 0 Å². The molecule has 2 aromatic rings. The number of aromatic nitrogens is 1. The van der Waals surface area contributed by atoms with Crippen LogP contribution >= 0.6 is 11.6 Å². The van der Waals surface area contributed by atoms with Gasteiger partial charge in [0.25, 0.3) is 0 Å². The molecule has 18 heavy (non-hydrogen) atoms. The van der Waals surface area contributed by atoms with E-state index in [1.54, 1.807) is 6.92 Å². The van der Waals surface area contributed by atoms with Gasteiger partial charge in [0.2, 0.25) is 5.91 Å². The highest BCUT2D eigenvalue weighted by molar-refractivity contribution is 6.31. The van der Waals surface area contributed by atoms with Crippen LogP contribution in [0.1, 0.15) is 12.5 Å². The third-order valence-corrected chi connectivity index (χ3v) is 3.34. The summed E-state index contributed by atoms with van der Waals surface area (Å²) >= 11 is 6.01. The minimum atomic E-state index is -0.312. The van der Waals surface area contributed by atoms with Gasteiger partial charge in [0.05, 0.1) is 5.92 Å². The van der Waals surface area contributed by atoms with Crippen molar-refractivity contribution in [2.24, 2.45) is 17.4 Å². The molecule has 1 amide bonds. The summed E-state index contributed by atoms with van der Waals surface area (Å²) in [4.78, 5) is 11.1. The van der Waals surface area contributed by atoms with Crippen LogP contribution in [0.15, 0.2) is 24.4 Å². The van der Waals surface area contributed by atoms with Gasteiger partial charge in [-0.1, -0.05) is 24.6 Å². The van der Waals surface area contributed by atoms with E-state index in [0.717, 1.165) is 16.5 Å². The minimum Gasteiger partial charge on any atom is -0.369 e. The third-order valence-electron chi connectivity index (χ3n) is 3.10. The van der Waals surface area contributed by atoms with E-state index in [1.165, 1.54) is 0 Å². The van der Waals surface area contributed by atoms with Crippen LogP contribution in [0.25, 0.3) is 10.9 Å². The molecule has 1 aromatic heterocycles. The molecule has 1 atom stereocenters. The molecule has 0 aliphatic carbocycles. The maximum absolute atomic E-state index is 11.1. The Morgan fingerprint density at radius 1 is 1.50 bits per heavy atom. The first kappa shape index (κ1) is 12.9. The van der Waals surface area contributed by atoms with Crippen LogP contribution in [0.2, 0.25) is 5.02 Å². The number of fused-ring (bicyclic) bond motifs is 1. The molecule has 4 nitrogen and oxygen atoms in total. The maximum atomic E-state index is 11.1. The molecule has 1 aromatic carbocycles. The average molecular weight is 266 g/mol. The third kappa shape index (κ3) is 2.35. The standard InChI is InChI=1S/C13H16ClN3O/c1-8(13(16)18)6-17-7-9(5-15)11-3-2-10(14)4-12(11)17/h2-4,7-8H,5-6,15H2,1H3,(H2,16,18). The molecule has 2 rings (SSSR count). The predicted octanol–water partition coefficient (Wildman–Crippen LogP) is 1.87. The Balaban J connectivity index is 2.49. The summed E-state index contributed by atoms with van der Waals surface area (Å²) in [5.74, 6) is -0.543. The first-order chi connectivity index (χ1) is 8.52. The Hall–Kier alpha value is -1.52. The number of hydrogen-bond donors (Lipinski definition) is 2. The van der Waals surface area contributed by atoms with E-state index in [0.29, 0.717) is 18.1 Å². The van der Waals surface area contributed by atoms with Crippen molar-refractivity contribution in [2.75, 3.05) is 0 Å². The molecule has 1 unspecified atom stereocenters. The Kier molecular flexibility index (Phi) is 3.59. The summed E-state index contributed by atoms with van der Waals surface area (Å²) < 4.78 is 1.98. The highest BCUT2D eigenvalue weighted by Crippen LogP contribution is 2.25. The Morgan fingerprint density at radius 3 is 2.83 bits per heavy atom. The number of nitrogens with zero attached hydrogens (tertiary/aromatic N) is 1. The smallest absolute Gasteiger partial charge is 0.222 e. The van der Waals surface area contributed by atoms with Crippen molar-refractivity contribution in [1.29, 1.82) is 0 Å². The zero-order valence-corrected chi connectivity index (χ0v) is 10.9. The molecule has 5 heteroatoms. The summed E-state index contributed by atoms with van der Waals surface area (Å²) in [6.07, 6.45) is 1.96. The van der Waals surface area contributed by atoms with Crippen LogP contribution in [0.4, 0.5) is 0 Å². The fourth-order valence-electron chi connectivity index (χ4n) is 2.04. The summed E-state index contributed by atoms with van der Waals surface area (Å²) in [6.45, 7) is 2.79. The van der Waals surface area contributed by atoms with Crippen molar-refractivity contribution < 1.29 is 4.79 Å². The van der Waals surface area contributed by atoms with Gasteiger partial charge < -0.3 is 16.0 Å². The lowest BCUT2D eigenvalue weighted by atomic mass is 10.1. The number of carbonyl (C=O) groups is 1. The van der Waals surface area contributed by atoms with E-state index in [2.05, 4.69) is 0 Å². The molecule has 4 N–H and O–H groups in total. The van der Waals surface area contributed by atoms with E-state index >= 15 is 0 Å². The summed E-state index contributed by atoms with van der Waals surface area (Å²) in [7, 11) is 0. The number of hydrogen-bond acceptors (Lipinski definition) is 2. The number of nitrogens with two attached hydrogens (primary N) is 2. The van der Waals surface area contributed by atoms with Crippen molar-refractivity contribution in [1.82, 2.24) is 4.57 Å². The maximum Gasteiger partial charge on any atom is 0.222 e. The van der Waals surface area contributed by atoms with Crippen molar-refractivity contribution in [2.45, 2.75) is 20.0 Å². The quantitative estimate of drug-likeness (QED) is 0.886. The predicted molar refractivity (Wildman–Crippen MR) is 73.2 cm³/mol. The van der Waals surface area contributed by atoms with E-state index in [-0.39, 0.29) is 11.8 Å². The molecule has 0 spiro atoms. The van der Waals surface area contributed by atoms with Crippen LogP contribution < -0.4 is 11.5 Å². The van der Waals surface area contributed by atoms with Crippen molar-refractivity contribution in [3.63, 3.8) is 0 Å². The second-order valence-electron chi connectivity index (χ2n) is 4.48. The number of primary amides is 1. The van der Waals surface area contributed by atoms with E-state index in [9.17, 15) is 4.79 Å². The summed E-state index contributed by atoms with van der Waals surface area (Å²) in [6, 6.07) is 5.67. The molecular formula is C13H16ClN3O. The number of carbonyl (C=O) groups excluding carboxylic acids is 1. The van der Waals surface area contributed by atoms with Gasteiger partial charge in [-0.25, -0.2) is 0 Å². The second kappa shape index (κ2) is 5.00. The first-order valence-electron chi connectivity index (χ1n) is 5.79. The monoisotopic (exact) mass is 265 g/mol. The molecule has 1 heterocycles. The van der Waals surface area contributed by atoms with Crippen LogP contribution in [0.3, 0.4) is 0 Å². The number of benzene rings is 1. The topological polar surface area (TPSA) is 74.0 Å². The normalized spacial score (nSPS) is 12.8. The number of halogens is 1. The summed E-state index contributed by atoms with van der Waals surface area (Å²) in [5.41, 5.74) is 13.0. The average Bonchev–Trinajstić information content (AvgIpc) is 2.66. The zero-order valence-electron chi connectivity index (χ0n) is 10.2. The minimum absolute atomic E-state index is 0.231. The molecule has 0 aliphatic rings. The summed E-state index contributed by atoms with van der Waals surface area (Å²) in [5, 5.41) is 1.73. The molecular weight excluding hydrogens is 250 g/mol. The fourth-order valence-corrected chi connectivity index (χ4v) is 2.21. The highest BCUT2D eigenvalue weighted by atomic mass is 35.5. The van der Waals surface area contributed by atoms with Crippen LogP contribution in [0, 0.1) is 5.92 Å². The number of rotatable bonds is 4. The van der Waals surface area contributed by atoms with Crippen molar-refractivity contribution >= 4 is 28.4 Å². The van der Waals surface area contributed by atoms with Gasteiger partial charge in [0, 0.05) is 35.2 Å². The second-order valence-corrected chi connectivity index (χ2v) is 4.91. The van der Waals surface area contributed by atoms with Crippen molar-refractivity contribution in [3.8, 4) is 0 Å². The molecule has 96 valence electrons. The van der Waals surface area contributed by atoms with Gasteiger partial charge in [-0.2, -0.15) is 0 Å². The Morgan fingerprint density at radius 2 is 2.22 bits per heavy atom. The number of amides is 1. The molecule has 0 aliphatic heterocycles. The first-order valence-corrected chi connectivity index (χ1v) is 6.17. The highest BCUT2D eigenvalue weighted by Gasteiger charge is 2.13. The van der Waals surface area contributed by atoms with Crippen LogP contribution in [-0.2, 0) is 17.9 Å². The Labute approximate surface area is 111 Å². The molecule has 0 radical (unpaired) electrons. The van der Waals surface area contributed by atoms with E-state index in [4.69, 9.17) is 23.1 Å². The van der Waals surface area contributed by atoms with Crippen LogP contribution in [-0.4, -0.2) is 10.5 Å². The van der Waals surface area contributed by atoms with Gasteiger partial charge >= 0.3 is 0 Å². The SMILES string of the molecule is CC(Cn1cc(CN)c2ccc(Cl)cc21)C(N)=O. The van der Waals surface area contributed by atoms with Gasteiger partial charge in [-0.3, -0.25) is 4.79 Å². The van der Waals surface area contributed by atoms with Gasteiger partial charge in [-0.05, 0) is 17.7 Å². The zero-order chi connectivity index (χ0) is 13.3. The van der Waals surface area contributed by atoms with Crippen LogP contribution in [0.5, 0.6) is 0 Å². The fraction of sp³-hybridized carbons (Fsp3) is 0.308. The lowest BCUT2D eigenvalue weighted by Gasteiger charge is -2.10. The molecule has 0 bridgehead atoms. The Bertz CT molecular complexity index is 591. The van der Waals surface area contributed by atoms with E-state index < -0.39 is 0 Å². The van der Waals surface area contributed by atoms with Gasteiger partial charge in [0.1, 0.15) is 0 Å². The van der Waals surface area contributed by atoms with Gasteiger partial charge in [-0.15, -0.1) is 0 Å². The van der Waals surface area contributed by atoms with Crippen molar-refractivity contribution in [3.05, 3.63) is 35.0 Å².